The summed E-state index contributed by atoms with van der Waals surface area (Å²) in [5.41, 5.74) is 3.57. The Morgan fingerprint density at radius 2 is 1.83 bits per heavy atom. The average Bonchev–Trinajstić information content (AvgIpc) is 3.08. The van der Waals surface area contributed by atoms with Crippen molar-refractivity contribution in [2.24, 2.45) is 0 Å². The van der Waals surface area contributed by atoms with Gasteiger partial charge in [-0.25, -0.2) is 9.67 Å². The molecule has 0 saturated heterocycles. The van der Waals surface area contributed by atoms with E-state index in [-0.39, 0.29) is 5.56 Å². The van der Waals surface area contributed by atoms with Gasteiger partial charge in [-0.1, -0.05) is 42.1 Å². The number of aryl methyl sites for hydroxylation is 1. The molecule has 29 heavy (non-hydrogen) atoms. The summed E-state index contributed by atoms with van der Waals surface area (Å²) in [4.78, 5) is 17.5. The maximum Gasteiger partial charge on any atom is 0.262 e. The second-order valence-electron chi connectivity index (χ2n) is 6.52. The molecule has 4 rings (SSSR count). The van der Waals surface area contributed by atoms with Crippen LogP contribution in [0, 0.1) is 18.3 Å². The van der Waals surface area contributed by atoms with Gasteiger partial charge >= 0.3 is 0 Å². The second-order valence-corrected chi connectivity index (χ2v) is 7.46. The monoisotopic (exact) mass is 401 g/mol. The van der Waals surface area contributed by atoms with Gasteiger partial charge in [-0.05, 0) is 38.1 Å². The number of rotatable bonds is 5. The Morgan fingerprint density at radius 3 is 2.55 bits per heavy atom. The van der Waals surface area contributed by atoms with Crippen molar-refractivity contribution in [1.29, 1.82) is 5.26 Å². The standard InChI is InChI=1S/C22H19N5OS/c1-3-26-21(28)17-11-7-8-12-19(17)24-22(26)29-14-20-18(13-23)15(2)25-27(20)16-9-5-4-6-10-16/h4-12H,3,14H2,1-2H3. The maximum atomic E-state index is 12.8. The number of fused-ring (bicyclic) bond motifs is 1. The molecule has 0 aliphatic rings. The summed E-state index contributed by atoms with van der Waals surface area (Å²) < 4.78 is 3.48. The van der Waals surface area contributed by atoms with E-state index in [9.17, 15) is 10.1 Å². The number of nitriles is 1. The van der Waals surface area contributed by atoms with E-state index in [0.717, 1.165) is 11.4 Å². The molecule has 0 radical (unpaired) electrons. The minimum atomic E-state index is -0.0474. The van der Waals surface area contributed by atoms with Gasteiger partial charge in [0, 0.05) is 12.3 Å². The van der Waals surface area contributed by atoms with Crippen molar-refractivity contribution in [2.75, 3.05) is 0 Å². The summed E-state index contributed by atoms with van der Waals surface area (Å²) in [5.74, 6) is 0.476. The van der Waals surface area contributed by atoms with Gasteiger partial charge in [0.2, 0.25) is 0 Å². The number of benzene rings is 2. The lowest BCUT2D eigenvalue weighted by Gasteiger charge is -2.12. The van der Waals surface area contributed by atoms with E-state index in [1.807, 2.05) is 62.4 Å². The topological polar surface area (TPSA) is 76.5 Å². The van der Waals surface area contributed by atoms with E-state index in [1.165, 1.54) is 11.8 Å². The van der Waals surface area contributed by atoms with Crippen LogP contribution in [0.25, 0.3) is 16.6 Å². The van der Waals surface area contributed by atoms with E-state index >= 15 is 0 Å². The highest BCUT2D eigenvalue weighted by Crippen LogP contribution is 2.27. The van der Waals surface area contributed by atoms with Crippen molar-refractivity contribution >= 4 is 22.7 Å². The minimum absolute atomic E-state index is 0.0474. The molecule has 0 saturated carbocycles. The number of para-hydroxylation sites is 2. The summed E-state index contributed by atoms with van der Waals surface area (Å²) in [6, 6.07) is 19.4. The SMILES string of the molecule is CCn1c(SCc2c(C#N)c(C)nn2-c2ccccc2)nc2ccccc2c1=O. The minimum Gasteiger partial charge on any atom is -0.287 e. The highest BCUT2D eigenvalue weighted by molar-refractivity contribution is 7.98. The first-order valence-corrected chi connectivity index (χ1v) is 10.3. The third-order valence-electron chi connectivity index (χ3n) is 4.75. The van der Waals surface area contributed by atoms with E-state index < -0.39 is 0 Å². The average molecular weight is 401 g/mol. The Balaban J connectivity index is 1.77. The highest BCUT2D eigenvalue weighted by atomic mass is 32.2. The summed E-state index contributed by atoms with van der Waals surface area (Å²) in [6.07, 6.45) is 0. The van der Waals surface area contributed by atoms with Crippen LogP contribution in [-0.2, 0) is 12.3 Å². The Kier molecular flexibility index (Phi) is 5.19. The van der Waals surface area contributed by atoms with Gasteiger partial charge in [-0.15, -0.1) is 0 Å². The fourth-order valence-electron chi connectivity index (χ4n) is 3.31. The van der Waals surface area contributed by atoms with Crippen LogP contribution < -0.4 is 5.56 Å². The number of nitrogens with zero attached hydrogens (tertiary/aromatic N) is 5. The van der Waals surface area contributed by atoms with Crippen molar-refractivity contribution in [3.8, 4) is 11.8 Å². The Bertz CT molecular complexity index is 1280. The summed E-state index contributed by atoms with van der Waals surface area (Å²) in [7, 11) is 0. The zero-order chi connectivity index (χ0) is 20.4. The van der Waals surface area contributed by atoms with Crippen molar-refractivity contribution in [3.63, 3.8) is 0 Å². The molecule has 2 aromatic heterocycles. The van der Waals surface area contributed by atoms with Crippen LogP contribution in [0.4, 0.5) is 0 Å². The third-order valence-corrected chi connectivity index (χ3v) is 5.74. The van der Waals surface area contributed by atoms with Gasteiger partial charge in [0.1, 0.15) is 6.07 Å². The number of hydrogen-bond acceptors (Lipinski definition) is 5. The van der Waals surface area contributed by atoms with Crippen LogP contribution in [0.3, 0.4) is 0 Å². The van der Waals surface area contributed by atoms with Crippen molar-refractivity contribution in [3.05, 3.63) is 81.9 Å². The van der Waals surface area contributed by atoms with Crippen LogP contribution >= 0.6 is 11.8 Å². The predicted molar refractivity (Wildman–Crippen MR) is 114 cm³/mol. The van der Waals surface area contributed by atoms with Crippen molar-refractivity contribution in [1.82, 2.24) is 19.3 Å². The summed E-state index contributed by atoms with van der Waals surface area (Å²) in [6.45, 7) is 4.30. The summed E-state index contributed by atoms with van der Waals surface area (Å²) in [5, 5.41) is 15.5. The van der Waals surface area contributed by atoms with Crippen LogP contribution in [0.15, 0.2) is 64.5 Å². The van der Waals surface area contributed by atoms with Crippen molar-refractivity contribution < 1.29 is 0 Å². The lowest BCUT2D eigenvalue weighted by Crippen LogP contribution is -2.22. The molecule has 0 N–H and O–H groups in total. The van der Waals surface area contributed by atoms with Gasteiger partial charge in [0.15, 0.2) is 5.16 Å². The second kappa shape index (κ2) is 7.94. The van der Waals surface area contributed by atoms with E-state index in [4.69, 9.17) is 4.98 Å². The fraction of sp³-hybridized carbons (Fsp3) is 0.182. The quantitative estimate of drug-likeness (QED) is 0.372. The molecular weight excluding hydrogens is 382 g/mol. The lowest BCUT2D eigenvalue weighted by atomic mass is 10.2. The van der Waals surface area contributed by atoms with E-state index in [2.05, 4.69) is 11.2 Å². The molecule has 2 aromatic carbocycles. The first-order chi connectivity index (χ1) is 14.1. The molecule has 4 aromatic rings. The van der Waals surface area contributed by atoms with Crippen LogP contribution in [0.1, 0.15) is 23.9 Å². The van der Waals surface area contributed by atoms with Gasteiger partial charge in [0.25, 0.3) is 5.56 Å². The normalized spacial score (nSPS) is 10.9. The molecular formula is C22H19N5OS. The van der Waals surface area contributed by atoms with Gasteiger partial charge in [-0.3, -0.25) is 9.36 Å². The van der Waals surface area contributed by atoms with E-state index in [0.29, 0.717) is 39.6 Å². The molecule has 6 nitrogen and oxygen atoms in total. The van der Waals surface area contributed by atoms with Gasteiger partial charge in [-0.2, -0.15) is 10.4 Å². The molecule has 0 bridgehead atoms. The fourth-order valence-corrected chi connectivity index (χ4v) is 4.37. The summed E-state index contributed by atoms with van der Waals surface area (Å²) >= 11 is 1.45. The Morgan fingerprint density at radius 1 is 1.10 bits per heavy atom. The third kappa shape index (κ3) is 3.43. The Hall–Kier alpha value is -3.37. The molecule has 0 spiro atoms. The molecule has 0 amide bonds. The largest absolute Gasteiger partial charge is 0.287 e. The van der Waals surface area contributed by atoms with Crippen LogP contribution in [-0.4, -0.2) is 19.3 Å². The lowest BCUT2D eigenvalue weighted by molar-refractivity contribution is 0.634. The molecule has 0 atom stereocenters. The molecule has 0 unspecified atom stereocenters. The number of hydrogen-bond donors (Lipinski definition) is 0. The molecule has 0 fully saturated rings. The Labute approximate surface area is 172 Å². The highest BCUT2D eigenvalue weighted by Gasteiger charge is 2.18. The van der Waals surface area contributed by atoms with Crippen LogP contribution in [0.2, 0.25) is 0 Å². The molecule has 0 aliphatic heterocycles. The van der Waals surface area contributed by atoms with Crippen LogP contribution in [0.5, 0.6) is 0 Å². The molecule has 144 valence electrons. The first-order valence-electron chi connectivity index (χ1n) is 9.30. The molecule has 2 heterocycles. The number of thioether (sulfide) groups is 1. The molecule has 7 heteroatoms. The first kappa shape index (κ1) is 19.0. The zero-order valence-electron chi connectivity index (χ0n) is 16.2. The maximum absolute atomic E-state index is 12.8. The predicted octanol–water partition coefficient (Wildman–Crippen LogP) is 4.07. The zero-order valence-corrected chi connectivity index (χ0v) is 17.0. The number of aromatic nitrogens is 4. The van der Waals surface area contributed by atoms with Crippen molar-refractivity contribution in [2.45, 2.75) is 31.3 Å². The smallest absolute Gasteiger partial charge is 0.262 e. The molecule has 0 aliphatic carbocycles. The van der Waals surface area contributed by atoms with E-state index in [1.54, 1.807) is 15.3 Å². The van der Waals surface area contributed by atoms with Gasteiger partial charge < -0.3 is 0 Å². The van der Waals surface area contributed by atoms with Gasteiger partial charge in [0.05, 0.1) is 33.5 Å².